The van der Waals surface area contributed by atoms with Crippen LogP contribution < -0.4 is 0 Å². The van der Waals surface area contributed by atoms with Gasteiger partial charge in [-0.05, 0) is 31.4 Å². The third-order valence-electron chi connectivity index (χ3n) is 2.66. The molecule has 0 aliphatic carbocycles. The monoisotopic (exact) mass is 234 g/mol. The zero-order valence-corrected chi connectivity index (χ0v) is 10.1. The van der Waals surface area contributed by atoms with Crippen LogP contribution in [0.25, 0.3) is 0 Å². The van der Waals surface area contributed by atoms with Crippen LogP contribution in [-0.4, -0.2) is 9.55 Å². The highest BCUT2D eigenvalue weighted by atomic mass is 35.5. The van der Waals surface area contributed by atoms with Crippen LogP contribution in [0.4, 0.5) is 0 Å². The zero-order valence-electron chi connectivity index (χ0n) is 9.36. The number of aryl methyl sites for hydroxylation is 3. The summed E-state index contributed by atoms with van der Waals surface area (Å²) >= 11 is 6.10. The Hall–Kier alpha value is -1.28. The van der Waals surface area contributed by atoms with Crippen molar-refractivity contribution in [1.29, 1.82) is 0 Å². The van der Waals surface area contributed by atoms with E-state index in [1.54, 1.807) is 0 Å². The van der Waals surface area contributed by atoms with Gasteiger partial charge in [0.1, 0.15) is 0 Å². The predicted molar refractivity (Wildman–Crippen MR) is 66.8 cm³/mol. The molecule has 0 fully saturated rings. The second-order valence-electron chi connectivity index (χ2n) is 3.79. The molecule has 2 rings (SSSR count). The lowest BCUT2D eigenvalue weighted by Gasteiger charge is -2.01. The highest BCUT2D eigenvalue weighted by Gasteiger charge is 2.02. The smallest absolute Gasteiger partial charge is 0.0949 e. The van der Waals surface area contributed by atoms with Gasteiger partial charge >= 0.3 is 0 Å². The summed E-state index contributed by atoms with van der Waals surface area (Å²) in [5.74, 6) is 0. The van der Waals surface area contributed by atoms with Crippen LogP contribution in [0.15, 0.2) is 36.8 Å². The van der Waals surface area contributed by atoms with Crippen LogP contribution in [-0.2, 0) is 19.4 Å². The van der Waals surface area contributed by atoms with Crippen LogP contribution in [0.3, 0.4) is 0 Å². The van der Waals surface area contributed by atoms with Crippen molar-refractivity contribution < 1.29 is 0 Å². The van der Waals surface area contributed by atoms with Gasteiger partial charge in [0.25, 0.3) is 0 Å². The molecule has 1 heterocycles. The van der Waals surface area contributed by atoms with Gasteiger partial charge < -0.3 is 4.57 Å². The maximum absolute atomic E-state index is 6.10. The lowest BCUT2D eigenvalue weighted by atomic mass is 10.1. The van der Waals surface area contributed by atoms with Crippen LogP contribution in [0.1, 0.15) is 18.2 Å². The first-order chi connectivity index (χ1) is 7.79. The van der Waals surface area contributed by atoms with Crippen molar-refractivity contribution >= 4 is 11.6 Å². The maximum Gasteiger partial charge on any atom is 0.0949 e. The van der Waals surface area contributed by atoms with Gasteiger partial charge in [0.15, 0.2) is 0 Å². The van der Waals surface area contributed by atoms with E-state index in [-0.39, 0.29) is 0 Å². The molecule has 0 radical (unpaired) electrons. The number of hydrogen-bond donors (Lipinski definition) is 0. The van der Waals surface area contributed by atoms with Gasteiger partial charge in [-0.25, -0.2) is 4.98 Å². The molecule has 0 aliphatic heterocycles. The van der Waals surface area contributed by atoms with Gasteiger partial charge in [0, 0.05) is 17.8 Å². The Bertz CT molecular complexity index is 462. The van der Waals surface area contributed by atoms with Gasteiger partial charge in [0.05, 0.1) is 12.0 Å². The topological polar surface area (TPSA) is 17.8 Å². The van der Waals surface area contributed by atoms with E-state index < -0.39 is 0 Å². The number of aromatic nitrogens is 2. The Morgan fingerprint density at radius 2 is 2.06 bits per heavy atom. The van der Waals surface area contributed by atoms with Crippen LogP contribution in [0, 0.1) is 0 Å². The molecule has 2 aromatic rings. The van der Waals surface area contributed by atoms with Gasteiger partial charge in [0.2, 0.25) is 0 Å². The average molecular weight is 235 g/mol. The minimum absolute atomic E-state index is 0.845. The van der Waals surface area contributed by atoms with Gasteiger partial charge in [-0.3, -0.25) is 0 Å². The molecular formula is C13H15ClN2. The molecule has 0 bridgehead atoms. The minimum atomic E-state index is 0.845. The summed E-state index contributed by atoms with van der Waals surface area (Å²) in [7, 11) is 0. The number of hydrogen-bond acceptors (Lipinski definition) is 1. The SMILES string of the molecule is CCn1cnc(CCc2ccccc2Cl)c1. The third-order valence-corrected chi connectivity index (χ3v) is 3.03. The minimum Gasteiger partial charge on any atom is -0.337 e. The van der Waals surface area contributed by atoms with Gasteiger partial charge in [-0.2, -0.15) is 0 Å². The molecule has 84 valence electrons. The number of imidazole rings is 1. The molecule has 0 spiro atoms. The fourth-order valence-electron chi connectivity index (χ4n) is 1.67. The largest absolute Gasteiger partial charge is 0.337 e. The summed E-state index contributed by atoms with van der Waals surface area (Å²) in [5.41, 5.74) is 2.32. The van der Waals surface area contributed by atoms with E-state index in [1.807, 2.05) is 24.5 Å². The number of halogens is 1. The number of nitrogens with zero attached hydrogens (tertiary/aromatic N) is 2. The van der Waals surface area contributed by atoms with Crippen LogP contribution in [0.2, 0.25) is 5.02 Å². The van der Waals surface area contributed by atoms with Gasteiger partial charge in [-0.1, -0.05) is 29.8 Å². The van der Waals surface area contributed by atoms with Crippen LogP contribution >= 0.6 is 11.6 Å². The molecule has 0 N–H and O–H groups in total. The van der Waals surface area contributed by atoms with Crippen molar-refractivity contribution in [3.05, 3.63) is 53.1 Å². The van der Waals surface area contributed by atoms with E-state index in [2.05, 4.69) is 28.7 Å². The van der Waals surface area contributed by atoms with Crippen molar-refractivity contribution in [1.82, 2.24) is 9.55 Å². The second kappa shape index (κ2) is 5.17. The maximum atomic E-state index is 6.10. The number of rotatable bonds is 4. The summed E-state index contributed by atoms with van der Waals surface area (Å²) in [4.78, 5) is 4.35. The fourth-order valence-corrected chi connectivity index (χ4v) is 1.90. The lowest BCUT2D eigenvalue weighted by Crippen LogP contribution is -1.92. The Labute approximate surface area is 101 Å². The molecule has 0 unspecified atom stereocenters. The normalized spacial score (nSPS) is 10.6. The second-order valence-corrected chi connectivity index (χ2v) is 4.19. The summed E-state index contributed by atoms with van der Waals surface area (Å²) in [6.07, 6.45) is 5.86. The molecule has 16 heavy (non-hydrogen) atoms. The van der Waals surface area contributed by atoms with E-state index >= 15 is 0 Å². The van der Waals surface area contributed by atoms with Crippen molar-refractivity contribution in [3.8, 4) is 0 Å². The van der Waals surface area contributed by atoms with Crippen molar-refractivity contribution in [3.63, 3.8) is 0 Å². The Kier molecular flexibility index (Phi) is 3.62. The molecule has 0 saturated heterocycles. The van der Waals surface area contributed by atoms with Crippen molar-refractivity contribution in [2.75, 3.05) is 0 Å². The summed E-state index contributed by atoms with van der Waals surface area (Å²) < 4.78 is 2.09. The molecule has 0 aliphatic rings. The van der Waals surface area contributed by atoms with E-state index in [4.69, 9.17) is 11.6 Å². The molecular weight excluding hydrogens is 220 g/mol. The molecule has 3 heteroatoms. The lowest BCUT2D eigenvalue weighted by molar-refractivity contribution is 0.760. The first-order valence-corrected chi connectivity index (χ1v) is 5.91. The highest BCUT2D eigenvalue weighted by molar-refractivity contribution is 6.31. The summed E-state index contributed by atoms with van der Waals surface area (Å²) in [6.45, 7) is 3.08. The quantitative estimate of drug-likeness (QED) is 0.794. The number of benzene rings is 1. The average Bonchev–Trinajstić information content (AvgIpc) is 2.76. The molecule has 1 aromatic heterocycles. The first kappa shape index (κ1) is 11.2. The highest BCUT2D eigenvalue weighted by Crippen LogP contribution is 2.16. The molecule has 0 amide bonds. The molecule has 1 aromatic carbocycles. The summed E-state index contributed by atoms with van der Waals surface area (Å²) in [5, 5.41) is 0.845. The van der Waals surface area contributed by atoms with Gasteiger partial charge in [-0.15, -0.1) is 0 Å². The van der Waals surface area contributed by atoms with Crippen molar-refractivity contribution in [2.24, 2.45) is 0 Å². The van der Waals surface area contributed by atoms with E-state index in [0.717, 1.165) is 30.1 Å². The van der Waals surface area contributed by atoms with E-state index in [9.17, 15) is 0 Å². The summed E-state index contributed by atoms with van der Waals surface area (Å²) in [6, 6.07) is 7.98. The fraction of sp³-hybridized carbons (Fsp3) is 0.308. The zero-order chi connectivity index (χ0) is 11.4. The first-order valence-electron chi connectivity index (χ1n) is 5.53. The van der Waals surface area contributed by atoms with Crippen LogP contribution in [0.5, 0.6) is 0 Å². The Morgan fingerprint density at radius 3 is 2.75 bits per heavy atom. The standard InChI is InChI=1S/C13H15ClN2/c1-2-16-9-12(15-10-16)8-7-11-5-3-4-6-13(11)14/h3-6,9-10H,2,7-8H2,1H3. The molecule has 2 nitrogen and oxygen atoms in total. The Balaban J connectivity index is 1.99. The Morgan fingerprint density at radius 1 is 1.25 bits per heavy atom. The van der Waals surface area contributed by atoms with E-state index in [1.165, 1.54) is 5.56 Å². The predicted octanol–water partition coefficient (Wildman–Crippen LogP) is 3.34. The van der Waals surface area contributed by atoms with E-state index in [0.29, 0.717) is 0 Å². The molecule has 0 atom stereocenters. The molecule has 0 saturated carbocycles. The van der Waals surface area contributed by atoms with Crippen molar-refractivity contribution in [2.45, 2.75) is 26.3 Å². The third kappa shape index (κ3) is 2.64.